The Morgan fingerprint density at radius 3 is 2.76 bits per heavy atom. The van der Waals surface area contributed by atoms with Crippen LogP contribution >= 0.6 is 0 Å². The number of ether oxygens (including phenoxy) is 1. The number of hydrogen-bond donors (Lipinski definition) is 1. The Hall–Kier alpha value is -1.39. The second-order valence-electron chi connectivity index (χ2n) is 8.23. The standard InChI is InChI=1S/C21H30N2O2/c24-20(25-14-17-6-2-1-3-7-17)19(18-8-4-5-9-18)23-13-11-21(16-23)10-12-22-15-21/h1-3,6-7,18-19,22H,4-5,8-16H2/t19-,21-/m0/s1. The molecule has 1 saturated carbocycles. The van der Waals surface area contributed by atoms with Crippen LogP contribution in [0, 0.1) is 11.3 Å². The van der Waals surface area contributed by atoms with Gasteiger partial charge in [-0.1, -0.05) is 43.2 Å². The smallest absolute Gasteiger partial charge is 0.323 e. The molecule has 0 unspecified atom stereocenters. The van der Waals surface area contributed by atoms with E-state index in [-0.39, 0.29) is 12.0 Å². The molecule has 3 aliphatic rings. The molecule has 0 amide bonds. The van der Waals surface area contributed by atoms with E-state index in [1.165, 1.54) is 38.5 Å². The molecule has 3 fully saturated rings. The first-order chi connectivity index (χ1) is 12.3. The molecule has 1 aromatic carbocycles. The fraction of sp³-hybridized carbons (Fsp3) is 0.667. The van der Waals surface area contributed by atoms with Gasteiger partial charge in [0.1, 0.15) is 12.6 Å². The van der Waals surface area contributed by atoms with Crippen molar-refractivity contribution in [3.8, 4) is 0 Å². The number of carbonyl (C=O) groups excluding carboxylic acids is 1. The summed E-state index contributed by atoms with van der Waals surface area (Å²) in [5, 5.41) is 3.52. The van der Waals surface area contributed by atoms with Gasteiger partial charge < -0.3 is 10.1 Å². The van der Waals surface area contributed by atoms with Gasteiger partial charge in [0.05, 0.1) is 0 Å². The van der Waals surface area contributed by atoms with E-state index in [9.17, 15) is 4.79 Å². The van der Waals surface area contributed by atoms with Crippen LogP contribution in [-0.2, 0) is 16.1 Å². The number of likely N-dealkylation sites (tertiary alicyclic amines) is 1. The van der Waals surface area contributed by atoms with Crippen LogP contribution in [0.5, 0.6) is 0 Å². The second-order valence-corrected chi connectivity index (χ2v) is 8.23. The summed E-state index contributed by atoms with van der Waals surface area (Å²) >= 11 is 0. The van der Waals surface area contributed by atoms with Gasteiger partial charge in [-0.15, -0.1) is 0 Å². The Morgan fingerprint density at radius 2 is 2.04 bits per heavy atom. The summed E-state index contributed by atoms with van der Waals surface area (Å²) in [6.45, 7) is 4.73. The third kappa shape index (κ3) is 3.75. The van der Waals surface area contributed by atoms with Gasteiger partial charge in [0.2, 0.25) is 0 Å². The monoisotopic (exact) mass is 342 g/mol. The van der Waals surface area contributed by atoms with Gasteiger partial charge in [-0.2, -0.15) is 0 Å². The van der Waals surface area contributed by atoms with E-state index in [0.29, 0.717) is 17.9 Å². The van der Waals surface area contributed by atoms with Crippen molar-refractivity contribution >= 4 is 5.97 Å². The number of nitrogens with zero attached hydrogens (tertiary/aromatic N) is 1. The number of hydrogen-bond acceptors (Lipinski definition) is 4. The minimum Gasteiger partial charge on any atom is -0.460 e. The van der Waals surface area contributed by atoms with Crippen LogP contribution in [0.25, 0.3) is 0 Å². The van der Waals surface area contributed by atoms with Crippen molar-refractivity contribution in [2.75, 3.05) is 26.2 Å². The Balaban J connectivity index is 1.43. The van der Waals surface area contributed by atoms with Crippen molar-refractivity contribution in [1.82, 2.24) is 10.2 Å². The van der Waals surface area contributed by atoms with E-state index in [1.54, 1.807) is 0 Å². The Labute approximate surface area is 150 Å². The predicted molar refractivity (Wildman–Crippen MR) is 98.1 cm³/mol. The van der Waals surface area contributed by atoms with Gasteiger partial charge in [0.25, 0.3) is 0 Å². The molecule has 0 bridgehead atoms. The second kappa shape index (κ2) is 7.46. The molecular formula is C21H30N2O2. The highest BCUT2D eigenvalue weighted by atomic mass is 16.5. The first-order valence-corrected chi connectivity index (χ1v) is 9.91. The molecule has 136 valence electrons. The van der Waals surface area contributed by atoms with E-state index < -0.39 is 0 Å². The lowest BCUT2D eigenvalue weighted by Gasteiger charge is -2.32. The largest absolute Gasteiger partial charge is 0.460 e. The quantitative estimate of drug-likeness (QED) is 0.836. The minimum absolute atomic E-state index is 0.00115. The molecule has 0 aromatic heterocycles. The molecule has 2 aliphatic heterocycles. The Kier molecular flexibility index (Phi) is 5.09. The van der Waals surface area contributed by atoms with Crippen molar-refractivity contribution in [2.45, 2.75) is 51.2 Å². The summed E-state index contributed by atoms with van der Waals surface area (Å²) in [4.78, 5) is 15.5. The van der Waals surface area contributed by atoms with E-state index in [2.05, 4.69) is 10.2 Å². The number of carbonyl (C=O) groups is 1. The molecule has 2 saturated heterocycles. The third-order valence-electron chi connectivity index (χ3n) is 6.51. The summed E-state index contributed by atoms with van der Waals surface area (Å²) in [6, 6.07) is 9.99. The van der Waals surface area contributed by atoms with Crippen LogP contribution in [-0.4, -0.2) is 43.1 Å². The summed E-state index contributed by atoms with van der Waals surface area (Å²) in [5.74, 6) is 0.478. The maximum atomic E-state index is 13.0. The van der Waals surface area contributed by atoms with Crippen molar-refractivity contribution in [3.05, 3.63) is 35.9 Å². The van der Waals surface area contributed by atoms with Gasteiger partial charge in [-0.25, -0.2) is 0 Å². The molecule has 1 spiro atoms. The highest BCUT2D eigenvalue weighted by molar-refractivity contribution is 5.76. The minimum atomic E-state index is -0.0359. The molecule has 0 radical (unpaired) electrons. The van der Waals surface area contributed by atoms with Gasteiger partial charge >= 0.3 is 5.97 Å². The fourth-order valence-corrected chi connectivity index (χ4v) is 5.08. The normalized spacial score (nSPS) is 28.6. The lowest BCUT2D eigenvalue weighted by atomic mass is 9.86. The molecule has 4 heteroatoms. The number of benzene rings is 1. The van der Waals surface area contributed by atoms with E-state index in [1.807, 2.05) is 30.3 Å². The number of nitrogens with one attached hydrogen (secondary N) is 1. The molecule has 1 aromatic rings. The Bertz CT molecular complexity index is 577. The predicted octanol–water partition coefficient (Wildman–Crippen LogP) is 2.97. The highest BCUT2D eigenvalue weighted by Crippen LogP contribution is 2.40. The van der Waals surface area contributed by atoms with Crippen molar-refractivity contribution in [3.63, 3.8) is 0 Å². The van der Waals surface area contributed by atoms with Gasteiger partial charge in [0, 0.05) is 13.1 Å². The molecule has 2 atom stereocenters. The average molecular weight is 342 g/mol. The topological polar surface area (TPSA) is 41.6 Å². The van der Waals surface area contributed by atoms with Gasteiger partial charge in [-0.05, 0) is 55.7 Å². The van der Waals surface area contributed by atoms with Crippen LogP contribution < -0.4 is 5.32 Å². The van der Waals surface area contributed by atoms with Crippen molar-refractivity contribution in [1.29, 1.82) is 0 Å². The summed E-state index contributed by atoms with van der Waals surface area (Å²) in [5.41, 5.74) is 1.47. The molecule has 1 N–H and O–H groups in total. The molecule has 4 rings (SSSR count). The van der Waals surface area contributed by atoms with Crippen LogP contribution in [0.1, 0.15) is 44.1 Å². The van der Waals surface area contributed by atoms with Crippen LogP contribution in [0.4, 0.5) is 0 Å². The van der Waals surface area contributed by atoms with E-state index >= 15 is 0 Å². The lowest BCUT2D eigenvalue weighted by molar-refractivity contribution is -0.153. The van der Waals surface area contributed by atoms with E-state index in [0.717, 1.165) is 31.7 Å². The molecule has 1 aliphatic carbocycles. The number of rotatable bonds is 5. The summed E-state index contributed by atoms with van der Waals surface area (Å²) in [6.07, 6.45) is 7.33. The summed E-state index contributed by atoms with van der Waals surface area (Å²) in [7, 11) is 0. The third-order valence-corrected chi connectivity index (χ3v) is 6.51. The van der Waals surface area contributed by atoms with Gasteiger partial charge in [-0.3, -0.25) is 9.69 Å². The SMILES string of the molecule is O=C(OCc1ccccc1)[C@H](C1CCCC1)N1CC[C@]2(CCNC2)C1. The maximum absolute atomic E-state index is 13.0. The molecule has 4 nitrogen and oxygen atoms in total. The lowest BCUT2D eigenvalue weighted by Crippen LogP contribution is -2.46. The highest BCUT2D eigenvalue weighted by Gasteiger charge is 2.46. The van der Waals surface area contributed by atoms with E-state index in [4.69, 9.17) is 4.74 Å². The number of esters is 1. The molecule has 2 heterocycles. The van der Waals surface area contributed by atoms with Crippen LogP contribution in [0.15, 0.2) is 30.3 Å². The van der Waals surface area contributed by atoms with Crippen LogP contribution in [0.2, 0.25) is 0 Å². The fourth-order valence-electron chi connectivity index (χ4n) is 5.08. The zero-order valence-corrected chi connectivity index (χ0v) is 15.1. The van der Waals surface area contributed by atoms with Crippen molar-refractivity contribution < 1.29 is 9.53 Å². The molecule has 25 heavy (non-hydrogen) atoms. The first kappa shape index (κ1) is 17.0. The maximum Gasteiger partial charge on any atom is 0.323 e. The zero-order chi connectivity index (χ0) is 17.1. The van der Waals surface area contributed by atoms with Crippen LogP contribution in [0.3, 0.4) is 0 Å². The molecular weight excluding hydrogens is 312 g/mol. The zero-order valence-electron chi connectivity index (χ0n) is 15.1. The van der Waals surface area contributed by atoms with Crippen molar-refractivity contribution in [2.24, 2.45) is 11.3 Å². The Morgan fingerprint density at radius 1 is 1.24 bits per heavy atom. The van der Waals surface area contributed by atoms with Gasteiger partial charge in [0.15, 0.2) is 0 Å². The first-order valence-electron chi connectivity index (χ1n) is 9.91. The average Bonchev–Trinajstić information content (AvgIpc) is 3.39. The summed E-state index contributed by atoms with van der Waals surface area (Å²) < 4.78 is 5.77.